The fourth-order valence-electron chi connectivity index (χ4n) is 1.90. The number of hydrogen-bond donors (Lipinski definition) is 0. The van der Waals surface area contributed by atoms with Gasteiger partial charge in [-0.25, -0.2) is 0 Å². The van der Waals surface area contributed by atoms with E-state index in [1.165, 1.54) is 0 Å². The molecule has 72 valence electrons. The number of ketones is 1. The first-order valence-corrected chi connectivity index (χ1v) is 4.74. The molecule has 0 amide bonds. The molecule has 2 aliphatic rings. The molecule has 1 aromatic rings. The molecule has 0 atom stereocenters. The minimum Gasteiger partial charge on any atom is -0.294 e. The third-order valence-electron chi connectivity index (χ3n) is 2.64. The zero-order valence-electron chi connectivity index (χ0n) is 8.19. The van der Waals surface area contributed by atoms with E-state index >= 15 is 0 Å². The molecule has 0 radical (unpaired) electrons. The van der Waals surface area contributed by atoms with Crippen LogP contribution in [0.3, 0.4) is 0 Å². The molecular formula is C12H8N2O. The van der Waals surface area contributed by atoms with Crippen LogP contribution in [-0.2, 0) is 4.79 Å². The van der Waals surface area contributed by atoms with Crippen LogP contribution in [0.2, 0.25) is 0 Å². The summed E-state index contributed by atoms with van der Waals surface area (Å²) in [7, 11) is 0. The summed E-state index contributed by atoms with van der Waals surface area (Å²) in [4.78, 5) is 19.8. The lowest BCUT2D eigenvalue weighted by atomic mass is 10.0. The summed E-state index contributed by atoms with van der Waals surface area (Å²) >= 11 is 0. The van der Waals surface area contributed by atoms with Gasteiger partial charge >= 0.3 is 0 Å². The fourth-order valence-corrected chi connectivity index (χ4v) is 1.90. The highest BCUT2D eigenvalue weighted by Crippen LogP contribution is 2.17. The topological polar surface area (TPSA) is 41.8 Å². The minimum atomic E-state index is 0.0522. The minimum absolute atomic E-state index is 0.0522. The fraction of sp³-hybridized carbons (Fsp3) is 0.0833. The van der Waals surface area contributed by atoms with Crippen molar-refractivity contribution in [1.82, 2.24) is 0 Å². The Morgan fingerprint density at radius 2 is 2.20 bits per heavy atom. The lowest BCUT2D eigenvalue weighted by Crippen LogP contribution is -2.26. The van der Waals surface area contributed by atoms with Crippen LogP contribution in [0.25, 0.3) is 11.6 Å². The summed E-state index contributed by atoms with van der Waals surface area (Å²) in [6.07, 6.45) is 5.32. The highest BCUT2D eigenvalue weighted by atomic mass is 16.1. The summed E-state index contributed by atoms with van der Waals surface area (Å²) in [5, 5.41) is 1.88. The van der Waals surface area contributed by atoms with Crippen molar-refractivity contribution in [3.8, 4) is 0 Å². The van der Waals surface area contributed by atoms with Crippen molar-refractivity contribution >= 4 is 29.3 Å². The molecular weight excluding hydrogens is 188 g/mol. The first-order chi connectivity index (χ1) is 7.27. The molecule has 0 spiro atoms. The maximum absolute atomic E-state index is 11.3. The van der Waals surface area contributed by atoms with E-state index in [0.29, 0.717) is 5.57 Å². The number of aliphatic imine (C=N–C) groups is 1. The standard InChI is InChI=1S/C12H8N2O/c1-7(15)10-6-14-12-8(10)2-3-11-9(12)4-5-13-11/h2-6H,1H3. The number of carbonyl (C=O) groups excluding carboxylic acids is 1. The second-order valence-electron chi connectivity index (χ2n) is 3.57. The Hall–Kier alpha value is -2.03. The van der Waals surface area contributed by atoms with Gasteiger partial charge in [0.2, 0.25) is 0 Å². The normalized spacial score (nSPS) is 15.1. The Kier molecular flexibility index (Phi) is 1.51. The van der Waals surface area contributed by atoms with Gasteiger partial charge in [0.25, 0.3) is 0 Å². The van der Waals surface area contributed by atoms with E-state index in [1.54, 1.807) is 19.3 Å². The molecule has 0 unspecified atom stereocenters. The van der Waals surface area contributed by atoms with E-state index in [1.807, 2.05) is 18.2 Å². The van der Waals surface area contributed by atoms with Gasteiger partial charge in [0.1, 0.15) is 0 Å². The van der Waals surface area contributed by atoms with Crippen molar-refractivity contribution < 1.29 is 4.79 Å². The van der Waals surface area contributed by atoms with Crippen molar-refractivity contribution in [3.63, 3.8) is 0 Å². The average Bonchev–Trinajstić information content (AvgIpc) is 2.82. The number of Topliss-reactive ketones (excluding diaryl/α,β-unsaturated/α-hetero) is 1. The molecule has 2 aliphatic heterocycles. The lowest BCUT2D eigenvalue weighted by Gasteiger charge is -1.99. The van der Waals surface area contributed by atoms with Crippen molar-refractivity contribution in [2.75, 3.05) is 0 Å². The van der Waals surface area contributed by atoms with E-state index in [4.69, 9.17) is 0 Å². The highest BCUT2D eigenvalue weighted by Gasteiger charge is 2.16. The van der Waals surface area contributed by atoms with Gasteiger partial charge in [-0.3, -0.25) is 14.8 Å². The van der Waals surface area contributed by atoms with Crippen molar-refractivity contribution in [2.24, 2.45) is 9.98 Å². The van der Waals surface area contributed by atoms with Crippen LogP contribution < -0.4 is 10.6 Å². The molecule has 0 saturated carbocycles. The predicted molar refractivity (Wildman–Crippen MR) is 58.5 cm³/mol. The molecule has 3 rings (SSSR count). The zero-order chi connectivity index (χ0) is 10.4. The second-order valence-corrected chi connectivity index (χ2v) is 3.57. The van der Waals surface area contributed by atoms with Crippen LogP contribution in [0.4, 0.5) is 5.69 Å². The monoisotopic (exact) mass is 196 g/mol. The largest absolute Gasteiger partial charge is 0.294 e. The number of fused-ring (bicyclic) bond motifs is 3. The number of allylic oxidation sites excluding steroid dienone is 1. The molecule has 0 aliphatic carbocycles. The SMILES string of the molecule is CC(=O)C1=CN=c2c1ccc1c2=CC=N1. The van der Waals surface area contributed by atoms with Crippen LogP contribution in [0.15, 0.2) is 28.3 Å². The van der Waals surface area contributed by atoms with Crippen LogP contribution in [-0.4, -0.2) is 12.0 Å². The first-order valence-electron chi connectivity index (χ1n) is 4.74. The van der Waals surface area contributed by atoms with E-state index in [0.717, 1.165) is 21.8 Å². The molecule has 1 aromatic carbocycles. The third kappa shape index (κ3) is 1.03. The number of nitrogens with zero attached hydrogens (tertiary/aromatic N) is 2. The molecule has 15 heavy (non-hydrogen) atoms. The number of hydrogen-bond acceptors (Lipinski definition) is 3. The Bertz CT molecular complexity index is 651. The molecule has 0 saturated heterocycles. The number of benzene rings is 1. The molecule has 0 bridgehead atoms. The average molecular weight is 196 g/mol. The van der Waals surface area contributed by atoms with Gasteiger partial charge in [-0.1, -0.05) is 0 Å². The molecule has 3 heteroatoms. The maximum atomic E-state index is 11.3. The van der Waals surface area contributed by atoms with E-state index in [2.05, 4.69) is 9.98 Å². The van der Waals surface area contributed by atoms with E-state index in [-0.39, 0.29) is 5.78 Å². The van der Waals surface area contributed by atoms with Crippen LogP contribution in [0, 0.1) is 0 Å². The molecule has 3 nitrogen and oxygen atoms in total. The van der Waals surface area contributed by atoms with E-state index in [9.17, 15) is 4.79 Å². The Morgan fingerprint density at radius 3 is 3.00 bits per heavy atom. The first kappa shape index (κ1) is 8.29. The van der Waals surface area contributed by atoms with Gasteiger partial charge < -0.3 is 0 Å². The van der Waals surface area contributed by atoms with E-state index < -0.39 is 0 Å². The van der Waals surface area contributed by atoms with Crippen LogP contribution in [0.5, 0.6) is 0 Å². The molecule has 0 aromatic heterocycles. The van der Waals surface area contributed by atoms with Gasteiger partial charge in [-0.2, -0.15) is 0 Å². The second kappa shape index (κ2) is 2.73. The van der Waals surface area contributed by atoms with Gasteiger partial charge in [0.15, 0.2) is 5.78 Å². The Balaban J connectivity index is 2.34. The zero-order valence-corrected chi connectivity index (χ0v) is 8.19. The quantitative estimate of drug-likeness (QED) is 0.653. The van der Waals surface area contributed by atoms with Gasteiger partial charge in [-0.05, 0) is 25.1 Å². The third-order valence-corrected chi connectivity index (χ3v) is 2.64. The maximum Gasteiger partial charge on any atom is 0.162 e. The van der Waals surface area contributed by atoms with Gasteiger partial charge in [-0.15, -0.1) is 0 Å². The summed E-state index contributed by atoms with van der Waals surface area (Å²) in [6.45, 7) is 1.56. The lowest BCUT2D eigenvalue weighted by molar-refractivity contribution is -0.111. The predicted octanol–water partition coefficient (Wildman–Crippen LogP) is 0.746. The highest BCUT2D eigenvalue weighted by molar-refractivity contribution is 6.20. The van der Waals surface area contributed by atoms with Gasteiger partial charge in [0, 0.05) is 28.8 Å². The van der Waals surface area contributed by atoms with Crippen molar-refractivity contribution in [3.05, 3.63) is 34.5 Å². The number of rotatable bonds is 1. The van der Waals surface area contributed by atoms with Gasteiger partial charge in [0.05, 0.1) is 11.0 Å². The number of carbonyl (C=O) groups is 1. The van der Waals surface area contributed by atoms with Crippen molar-refractivity contribution in [1.29, 1.82) is 0 Å². The van der Waals surface area contributed by atoms with Crippen LogP contribution >= 0.6 is 0 Å². The van der Waals surface area contributed by atoms with Crippen molar-refractivity contribution in [2.45, 2.75) is 6.92 Å². The Labute approximate surface area is 86.2 Å². The molecule has 0 N–H and O–H groups in total. The molecule has 0 fully saturated rings. The summed E-state index contributed by atoms with van der Waals surface area (Å²) in [6, 6.07) is 3.83. The smallest absolute Gasteiger partial charge is 0.162 e. The summed E-state index contributed by atoms with van der Waals surface area (Å²) in [5.74, 6) is 0.0522. The Morgan fingerprint density at radius 1 is 1.33 bits per heavy atom. The van der Waals surface area contributed by atoms with Crippen LogP contribution in [0.1, 0.15) is 12.5 Å². The summed E-state index contributed by atoms with van der Waals surface area (Å²) in [5.41, 5.74) is 2.53. The molecule has 2 heterocycles. The summed E-state index contributed by atoms with van der Waals surface area (Å²) < 4.78 is 0.